The van der Waals surface area contributed by atoms with Gasteiger partial charge in [-0.2, -0.15) is 0 Å². The molecule has 2 aliphatic rings. The SMILES string of the molecule is CC(C)COC(=O)OC(C(=O)OC1CCCCC([O+]2CCCC2)C1)(c1ccccc1)c1ccccc1. The molecule has 0 N–H and O–H groups in total. The molecule has 6 heteroatoms. The molecule has 1 saturated heterocycles. The van der Waals surface area contributed by atoms with Gasteiger partial charge >= 0.3 is 12.1 Å². The van der Waals surface area contributed by atoms with E-state index in [1.807, 2.05) is 50.2 Å². The average molecular weight is 496 g/mol. The van der Waals surface area contributed by atoms with Gasteiger partial charge in [0.1, 0.15) is 19.3 Å². The molecule has 1 aliphatic carbocycles. The van der Waals surface area contributed by atoms with E-state index >= 15 is 0 Å². The summed E-state index contributed by atoms with van der Waals surface area (Å²) in [5.74, 6) is -0.447. The lowest BCUT2D eigenvalue weighted by Crippen LogP contribution is -2.45. The fraction of sp³-hybridized carbons (Fsp3) is 0.533. The summed E-state index contributed by atoms with van der Waals surface area (Å²) >= 11 is 0. The minimum Gasteiger partial charge on any atom is -0.459 e. The molecular weight excluding hydrogens is 456 g/mol. The van der Waals surface area contributed by atoms with Crippen LogP contribution in [0, 0.1) is 5.92 Å². The predicted octanol–water partition coefficient (Wildman–Crippen LogP) is 6.33. The third kappa shape index (κ3) is 6.28. The van der Waals surface area contributed by atoms with E-state index in [9.17, 15) is 9.59 Å². The van der Waals surface area contributed by atoms with Gasteiger partial charge in [-0.3, -0.25) is 0 Å². The first kappa shape index (κ1) is 26.2. The number of esters is 1. The third-order valence-corrected chi connectivity index (χ3v) is 7.06. The maximum Gasteiger partial charge on any atom is 0.510 e. The van der Waals surface area contributed by atoms with Crippen LogP contribution in [-0.2, 0) is 29.0 Å². The summed E-state index contributed by atoms with van der Waals surface area (Å²) in [6, 6.07) is 18.2. The van der Waals surface area contributed by atoms with Crippen LogP contribution in [0.5, 0.6) is 0 Å². The Balaban J connectivity index is 1.66. The predicted molar refractivity (Wildman–Crippen MR) is 138 cm³/mol. The summed E-state index contributed by atoms with van der Waals surface area (Å²) < 4.78 is 21.0. The van der Waals surface area contributed by atoms with Crippen molar-refractivity contribution in [2.24, 2.45) is 5.92 Å². The molecular formula is C30H39O6+. The number of benzene rings is 2. The molecule has 2 aromatic rings. The van der Waals surface area contributed by atoms with Gasteiger partial charge in [-0.1, -0.05) is 74.5 Å². The van der Waals surface area contributed by atoms with Crippen molar-refractivity contribution in [1.29, 1.82) is 0 Å². The number of ether oxygens (including phenoxy) is 3. The Labute approximate surface area is 214 Å². The van der Waals surface area contributed by atoms with Crippen LogP contribution in [0.2, 0.25) is 0 Å². The maximum atomic E-state index is 14.2. The number of hydrogen-bond acceptors (Lipinski definition) is 5. The van der Waals surface area contributed by atoms with Crippen LogP contribution in [0.25, 0.3) is 0 Å². The van der Waals surface area contributed by atoms with E-state index in [0.717, 1.165) is 45.3 Å². The summed E-state index contributed by atoms with van der Waals surface area (Å²) in [6.45, 7) is 6.17. The van der Waals surface area contributed by atoms with Crippen LogP contribution in [0.1, 0.15) is 69.9 Å². The minimum absolute atomic E-state index is 0.137. The fourth-order valence-electron chi connectivity index (χ4n) is 5.22. The van der Waals surface area contributed by atoms with Crippen LogP contribution >= 0.6 is 0 Å². The van der Waals surface area contributed by atoms with E-state index in [1.165, 1.54) is 12.8 Å². The summed E-state index contributed by atoms with van der Waals surface area (Å²) in [5.41, 5.74) is -0.706. The highest BCUT2D eigenvalue weighted by Gasteiger charge is 2.50. The van der Waals surface area contributed by atoms with Crippen molar-refractivity contribution in [3.8, 4) is 0 Å². The molecule has 1 heterocycles. The van der Waals surface area contributed by atoms with Crippen molar-refractivity contribution >= 4 is 12.1 Å². The number of carbonyl (C=O) groups excluding carboxylic acids is 2. The van der Waals surface area contributed by atoms with Gasteiger partial charge in [-0.05, 0) is 25.2 Å². The second-order valence-electron chi connectivity index (χ2n) is 10.3. The highest BCUT2D eigenvalue weighted by atomic mass is 16.7. The summed E-state index contributed by atoms with van der Waals surface area (Å²) in [4.78, 5) is 27.1. The van der Waals surface area contributed by atoms with Gasteiger partial charge in [-0.25, -0.2) is 9.59 Å². The van der Waals surface area contributed by atoms with Gasteiger partial charge in [0.25, 0.3) is 5.60 Å². The lowest BCUT2D eigenvalue weighted by molar-refractivity contribution is -0.187. The van der Waals surface area contributed by atoms with Crippen molar-refractivity contribution < 1.29 is 28.2 Å². The van der Waals surface area contributed by atoms with Crippen LogP contribution in [0.4, 0.5) is 4.79 Å². The highest BCUT2D eigenvalue weighted by molar-refractivity contribution is 5.88. The molecule has 2 aromatic carbocycles. The zero-order valence-corrected chi connectivity index (χ0v) is 21.5. The molecule has 2 unspecified atom stereocenters. The van der Waals surface area contributed by atoms with Crippen molar-refractivity contribution in [2.45, 2.75) is 76.6 Å². The first-order chi connectivity index (χ1) is 17.5. The smallest absolute Gasteiger partial charge is 0.459 e. The van der Waals surface area contributed by atoms with Gasteiger partial charge in [0.2, 0.25) is 0 Å². The highest BCUT2D eigenvalue weighted by Crippen LogP contribution is 2.38. The van der Waals surface area contributed by atoms with E-state index in [4.69, 9.17) is 14.2 Å². The molecule has 0 radical (unpaired) electrons. The van der Waals surface area contributed by atoms with Gasteiger partial charge in [0.05, 0.1) is 13.0 Å². The fourth-order valence-corrected chi connectivity index (χ4v) is 5.22. The van der Waals surface area contributed by atoms with E-state index in [0.29, 0.717) is 17.2 Å². The van der Waals surface area contributed by atoms with E-state index in [1.54, 1.807) is 24.3 Å². The Kier molecular flexibility index (Phi) is 9.03. The first-order valence-electron chi connectivity index (χ1n) is 13.3. The zero-order chi connectivity index (χ0) is 25.4. The van der Waals surface area contributed by atoms with E-state index in [2.05, 4.69) is 4.37 Å². The average Bonchev–Trinajstić information content (AvgIpc) is 3.34. The standard InChI is InChI=1S/C30H39O6/c1-23(2)22-33-29(32)35-30(24-13-5-3-6-14-24,25-15-7-4-8-16-25)28(31)34-26-17-9-10-18-27(21-26)36-19-11-12-20-36/h3-8,13-16,23,26-27H,9-12,17-22H2,1-2H3/q+1. The van der Waals surface area contributed by atoms with E-state index in [-0.39, 0.29) is 18.6 Å². The number of hydrogen-bond donors (Lipinski definition) is 0. The van der Waals surface area contributed by atoms with Crippen LogP contribution in [0.15, 0.2) is 60.7 Å². The molecule has 4 rings (SSSR count). The molecule has 0 spiro atoms. The minimum atomic E-state index is -1.76. The van der Waals surface area contributed by atoms with Crippen molar-refractivity contribution in [3.05, 3.63) is 71.8 Å². The second-order valence-corrected chi connectivity index (χ2v) is 10.3. The molecule has 0 aromatic heterocycles. The first-order valence-corrected chi connectivity index (χ1v) is 13.3. The number of carbonyl (C=O) groups is 2. The molecule has 0 bridgehead atoms. The van der Waals surface area contributed by atoms with Crippen LogP contribution in [-0.4, -0.2) is 44.2 Å². The van der Waals surface area contributed by atoms with Gasteiger partial charge in [0.15, 0.2) is 6.10 Å². The Morgan fingerprint density at radius 3 is 2.06 bits per heavy atom. The normalized spacial score (nSPS) is 21.1. The molecule has 6 nitrogen and oxygen atoms in total. The maximum absolute atomic E-state index is 14.2. The number of rotatable bonds is 8. The van der Waals surface area contributed by atoms with Gasteiger partial charge in [0, 0.05) is 30.4 Å². The third-order valence-electron chi connectivity index (χ3n) is 7.06. The Morgan fingerprint density at radius 1 is 0.889 bits per heavy atom. The monoisotopic (exact) mass is 495 g/mol. The van der Waals surface area contributed by atoms with Crippen LogP contribution in [0.3, 0.4) is 0 Å². The lowest BCUT2D eigenvalue weighted by atomic mass is 9.86. The topological polar surface area (TPSA) is 64.5 Å². The Morgan fingerprint density at radius 2 is 1.47 bits per heavy atom. The van der Waals surface area contributed by atoms with Crippen LogP contribution < -0.4 is 0 Å². The molecule has 2 fully saturated rings. The molecule has 194 valence electrons. The Hall–Kier alpha value is -2.86. The Bertz CT molecular complexity index is 928. The molecule has 2 atom stereocenters. The van der Waals surface area contributed by atoms with E-state index < -0.39 is 17.7 Å². The van der Waals surface area contributed by atoms with Crippen molar-refractivity contribution in [3.63, 3.8) is 0 Å². The van der Waals surface area contributed by atoms with Gasteiger partial charge < -0.3 is 18.6 Å². The summed E-state index contributed by atoms with van der Waals surface area (Å²) in [6.07, 6.45) is 6.38. The van der Waals surface area contributed by atoms with Crippen molar-refractivity contribution in [2.75, 3.05) is 19.8 Å². The largest absolute Gasteiger partial charge is 0.510 e. The van der Waals surface area contributed by atoms with Crippen molar-refractivity contribution in [1.82, 2.24) is 0 Å². The summed E-state index contributed by atoms with van der Waals surface area (Å²) in [7, 11) is 0. The van der Waals surface area contributed by atoms with Gasteiger partial charge in [-0.15, -0.1) is 0 Å². The quantitative estimate of drug-likeness (QED) is 0.243. The molecule has 36 heavy (non-hydrogen) atoms. The summed E-state index contributed by atoms with van der Waals surface area (Å²) in [5, 5.41) is 0. The second kappa shape index (κ2) is 12.4. The molecule has 0 amide bonds. The molecule has 1 saturated carbocycles. The zero-order valence-electron chi connectivity index (χ0n) is 21.5. The lowest BCUT2D eigenvalue weighted by Gasteiger charge is -2.33. The molecule has 1 aliphatic heterocycles.